The molecule has 0 saturated heterocycles. The lowest BCUT2D eigenvalue weighted by Crippen LogP contribution is -2.15. The van der Waals surface area contributed by atoms with Gasteiger partial charge < -0.3 is 15.2 Å². The van der Waals surface area contributed by atoms with Gasteiger partial charge in [0.25, 0.3) is 0 Å². The highest BCUT2D eigenvalue weighted by Crippen LogP contribution is 2.43. The number of aromatic carboxylic acids is 1. The Bertz CT molecular complexity index is 1520. The van der Waals surface area contributed by atoms with Crippen molar-refractivity contribution in [3.8, 4) is 5.75 Å². The van der Waals surface area contributed by atoms with Crippen LogP contribution in [0.4, 0.5) is 5.69 Å². The summed E-state index contributed by atoms with van der Waals surface area (Å²) in [6.45, 7) is 15.3. The normalized spacial score (nSPS) is 20.3. The fourth-order valence-corrected chi connectivity index (χ4v) is 5.76. The molecule has 0 bridgehead atoms. The van der Waals surface area contributed by atoms with Crippen LogP contribution < -0.4 is 10.1 Å². The summed E-state index contributed by atoms with van der Waals surface area (Å²) in [5, 5.41) is 13.2. The molecule has 0 aromatic heterocycles. The number of allylic oxidation sites excluding steroid dienone is 10. The minimum atomic E-state index is -0.952. The Balaban J connectivity index is 1.74. The molecule has 0 saturated carbocycles. The number of ether oxygens (including phenoxy) is 1. The Labute approximate surface area is 251 Å². The van der Waals surface area contributed by atoms with Crippen molar-refractivity contribution < 1.29 is 14.6 Å². The summed E-state index contributed by atoms with van der Waals surface area (Å²) in [6, 6.07) is 11.2. The first-order chi connectivity index (χ1) is 20.2. The first kappa shape index (κ1) is 30.9. The van der Waals surface area contributed by atoms with Crippen molar-refractivity contribution in [3.05, 3.63) is 123 Å². The van der Waals surface area contributed by atoms with Crippen molar-refractivity contribution in [3.63, 3.8) is 0 Å². The van der Waals surface area contributed by atoms with E-state index in [9.17, 15) is 9.90 Å². The first-order valence-electron chi connectivity index (χ1n) is 15.3. The third-order valence-electron chi connectivity index (χ3n) is 8.23. The molecular weight excluding hydrogens is 518 g/mol. The molecule has 0 spiro atoms. The molecule has 0 amide bonds. The third kappa shape index (κ3) is 6.87. The lowest BCUT2D eigenvalue weighted by atomic mass is 9.87. The molecule has 2 aromatic carbocycles. The van der Waals surface area contributed by atoms with E-state index < -0.39 is 5.97 Å². The topological polar surface area (TPSA) is 58.6 Å². The van der Waals surface area contributed by atoms with Crippen molar-refractivity contribution in [2.45, 2.75) is 80.2 Å². The molecule has 2 unspecified atom stereocenters. The molecule has 1 aliphatic heterocycles. The summed E-state index contributed by atoms with van der Waals surface area (Å²) < 4.78 is 6.78. The second-order valence-electron chi connectivity index (χ2n) is 11.4. The van der Waals surface area contributed by atoms with E-state index in [0.29, 0.717) is 11.6 Å². The van der Waals surface area contributed by atoms with Gasteiger partial charge in [0, 0.05) is 22.4 Å². The maximum atomic E-state index is 11.9. The second kappa shape index (κ2) is 13.7. The number of carboxylic acid groups (broad SMARTS) is 1. The highest BCUT2D eigenvalue weighted by atomic mass is 16.5. The fraction of sp³-hybridized carbons (Fsp3) is 0.342. The van der Waals surface area contributed by atoms with E-state index in [1.807, 2.05) is 12.1 Å². The number of hydrogen-bond donors (Lipinski definition) is 2. The molecule has 2 N–H and O–H groups in total. The highest BCUT2D eigenvalue weighted by Gasteiger charge is 2.26. The predicted octanol–water partition coefficient (Wildman–Crippen LogP) is 10.5. The van der Waals surface area contributed by atoms with Gasteiger partial charge in [-0.15, -0.1) is 0 Å². The molecule has 4 heteroatoms. The van der Waals surface area contributed by atoms with Crippen molar-refractivity contribution in [1.82, 2.24) is 0 Å². The van der Waals surface area contributed by atoms with Gasteiger partial charge in [-0.3, -0.25) is 0 Å². The quantitative estimate of drug-likeness (QED) is 0.319. The third-order valence-corrected chi connectivity index (χ3v) is 8.23. The Hall–Kier alpha value is -4.05. The largest absolute Gasteiger partial charge is 0.478 e. The molecule has 42 heavy (non-hydrogen) atoms. The molecule has 1 aliphatic carbocycles. The minimum Gasteiger partial charge on any atom is -0.478 e. The number of hydrogen-bond acceptors (Lipinski definition) is 3. The zero-order chi connectivity index (χ0) is 30.4. The van der Waals surface area contributed by atoms with Crippen molar-refractivity contribution in [2.24, 2.45) is 5.92 Å². The number of carbonyl (C=O) groups is 1. The Kier molecular flexibility index (Phi) is 10.1. The minimum absolute atomic E-state index is 0.186. The van der Waals surface area contributed by atoms with Crippen LogP contribution in [0.5, 0.6) is 5.75 Å². The zero-order valence-electron chi connectivity index (χ0n) is 26.2. The standard InChI is InChI=1S/C38H45NO3/c1-8-13-30-23-36(29-18-16-25(5)32(26(6)17-19-29)22-28(9-2)10-3)42-37-33(20-24(4)21-34(30)37)27(7)39-35-15-12-11-14-31(35)38(40)41/h11-16,18-23,26-27,39H,8-10,17H2,1-7H3,(H,40,41)/b18-16-,29-19-,30-13-,32-25?. The van der Waals surface area contributed by atoms with Crippen molar-refractivity contribution in [2.75, 3.05) is 5.32 Å². The van der Waals surface area contributed by atoms with Gasteiger partial charge in [-0.1, -0.05) is 81.8 Å². The van der Waals surface area contributed by atoms with Crippen LogP contribution in [0.3, 0.4) is 0 Å². The molecule has 0 fully saturated rings. The molecule has 220 valence electrons. The molecule has 2 atom stereocenters. The van der Waals surface area contributed by atoms with Gasteiger partial charge in [0.05, 0.1) is 11.6 Å². The number of anilines is 1. The van der Waals surface area contributed by atoms with Gasteiger partial charge in [0.15, 0.2) is 0 Å². The van der Waals surface area contributed by atoms with Crippen LogP contribution in [0.15, 0.2) is 101 Å². The second-order valence-corrected chi connectivity index (χ2v) is 11.4. The SMILES string of the molecule is CC/C=C1C=C(C2=C\CC(C)C(C=C(CC)CC)=C(C)/C=C\2)Oc2c/1cc(C)cc2C(C)Nc1ccccc1C(=O)O. The van der Waals surface area contributed by atoms with Gasteiger partial charge in [0.2, 0.25) is 0 Å². The molecule has 1 heterocycles. The van der Waals surface area contributed by atoms with Gasteiger partial charge in [0.1, 0.15) is 11.5 Å². The average Bonchev–Trinajstić information content (AvgIpc) is 2.97. The van der Waals surface area contributed by atoms with Gasteiger partial charge in [-0.05, 0) is 98.9 Å². The maximum absolute atomic E-state index is 11.9. The number of carboxylic acids is 1. The summed E-state index contributed by atoms with van der Waals surface area (Å²) in [5.74, 6) is 1.11. The highest BCUT2D eigenvalue weighted by molar-refractivity contribution is 5.94. The molecule has 2 aliphatic rings. The molecular formula is C38H45NO3. The predicted molar refractivity (Wildman–Crippen MR) is 176 cm³/mol. The number of para-hydroxylation sites is 1. The molecule has 0 radical (unpaired) electrons. The van der Waals surface area contributed by atoms with Crippen LogP contribution in [-0.2, 0) is 0 Å². The van der Waals surface area contributed by atoms with E-state index in [2.05, 4.69) is 102 Å². The Morgan fingerprint density at radius 2 is 1.86 bits per heavy atom. The number of fused-ring (bicyclic) bond motifs is 1. The number of rotatable bonds is 9. The van der Waals surface area contributed by atoms with Gasteiger partial charge in [-0.2, -0.15) is 0 Å². The summed E-state index contributed by atoms with van der Waals surface area (Å²) in [6.07, 6.45) is 17.5. The maximum Gasteiger partial charge on any atom is 0.337 e. The Morgan fingerprint density at radius 3 is 2.55 bits per heavy atom. The fourth-order valence-electron chi connectivity index (χ4n) is 5.76. The number of nitrogens with one attached hydrogen (secondary N) is 1. The van der Waals surface area contributed by atoms with E-state index in [1.54, 1.807) is 12.1 Å². The summed E-state index contributed by atoms with van der Waals surface area (Å²) in [5.41, 5.74) is 10.4. The number of aryl methyl sites for hydroxylation is 1. The van der Waals surface area contributed by atoms with Crippen LogP contribution >= 0.6 is 0 Å². The summed E-state index contributed by atoms with van der Waals surface area (Å²) in [7, 11) is 0. The average molecular weight is 564 g/mol. The van der Waals surface area contributed by atoms with Crippen LogP contribution in [-0.4, -0.2) is 11.1 Å². The van der Waals surface area contributed by atoms with Crippen LogP contribution in [0.2, 0.25) is 0 Å². The summed E-state index contributed by atoms with van der Waals surface area (Å²) >= 11 is 0. The molecule has 4 nitrogen and oxygen atoms in total. The first-order valence-corrected chi connectivity index (χ1v) is 15.3. The van der Waals surface area contributed by atoms with Crippen LogP contribution in [0.25, 0.3) is 5.57 Å². The van der Waals surface area contributed by atoms with Crippen LogP contribution in [0.1, 0.15) is 100 Å². The van der Waals surface area contributed by atoms with Gasteiger partial charge >= 0.3 is 5.97 Å². The van der Waals surface area contributed by atoms with Crippen LogP contribution in [0, 0.1) is 12.8 Å². The van der Waals surface area contributed by atoms with E-state index in [4.69, 9.17) is 4.74 Å². The zero-order valence-corrected chi connectivity index (χ0v) is 26.2. The van der Waals surface area contributed by atoms with E-state index >= 15 is 0 Å². The monoisotopic (exact) mass is 563 g/mol. The molecule has 4 rings (SSSR count). The lowest BCUT2D eigenvalue weighted by Gasteiger charge is -2.28. The van der Waals surface area contributed by atoms with Crippen molar-refractivity contribution in [1.29, 1.82) is 0 Å². The lowest BCUT2D eigenvalue weighted by molar-refractivity contribution is 0.0698. The summed E-state index contributed by atoms with van der Waals surface area (Å²) in [4.78, 5) is 11.9. The smallest absolute Gasteiger partial charge is 0.337 e. The van der Waals surface area contributed by atoms with E-state index in [-0.39, 0.29) is 11.6 Å². The van der Waals surface area contributed by atoms with Crippen molar-refractivity contribution >= 4 is 17.2 Å². The Morgan fingerprint density at radius 1 is 1.12 bits per heavy atom. The molecule has 2 aromatic rings. The van der Waals surface area contributed by atoms with Gasteiger partial charge in [-0.25, -0.2) is 4.79 Å². The van der Waals surface area contributed by atoms with E-state index in [1.165, 1.54) is 16.7 Å². The van der Waals surface area contributed by atoms with E-state index in [0.717, 1.165) is 65.0 Å². The number of benzene rings is 2.